The number of benzene rings is 1. The van der Waals surface area contributed by atoms with E-state index < -0.39 is 0 Å². The Morgan fingerprint density at radius 2 is 2.29 bits per heavy atom. The predicted molar refractivity (Wildman–Crippen MR) is 55.9 cm³/mol. The second-order valence-electron chi connectivity index (χ2n) is 3.98. The van der Waals surface area contributed by atoms with Crippen molar-refractivity contribution in [3.63, 3.8) is 0 Å². The normalized spacial score (nSPS) is 26.8. The molecule has 1 aromatic carbocycles. The zero-order valence-corrected chi connectivity index (χ0v) is 8.81. The molecule has 3 heteroatoms. The van der Waals surface area contributed by atoms with Gasteiger partial charge in [0, 0.05) is 6.04 Å². The molecule has 0 saturated carbocycles. The van der Waals surface area contributed by atoms with Gasteiger partial charge in [-0.15, -0.1) is 0 Å². The average Bonchev–Trinajstić information content (AvgIpc) is 2.57. The molecule has 0 aromatic heterocycles. The quantitative estimate of drug-likeness (QED) is 0.756. The highest BCUT2D eigenvalue weighted by Gasteiger charge is 2.22. The fourth-order valence-electron chi connectivity index (χ4n) is 1.90. The molecule has 1 aromatic rings. The van der Waals surface area contributed by atoms with Gasteiger partial charge in [-0.05, 0) is 36.6 Å². The summed E-state index contributed by atoms with van der Waals surface area (Å²) < 4.78 is 13.2. The summed E-state index contributed by atoms with van der Waals surface area (Å²) in [5.41, 5.74) is 0.997. The van der Waals surface area contributed by atoms with Crippen LogP contribution in [-0.2, 0) is 0 Å². The zero-order valence-electron chi connectivity index (χ0n) is 8.06. The summed E-state index contributed by atoms with van der Waals surface area (Å²) >= 11 is 5.62. The molecule has 0 amide bonds. The van der Waals surface area contributed by atoms with Gasteiger partial charge in [-0.25, -0.2) is 4.39 Å². The lowest BCUT2D eigenvalue weighted by Gasteiger charge is -2.10. The van der Waals surface area contributed by atoms with Crippen molar-refractivity contribution in [2.24, 2.45) is 5.92 Å². The van der Waals surface area contributed by atoms with Crippen molar-refractivity contribution in [2.75, 3.05) is 6.54 Å². The monoisotopic (exact) mass is 213 g/mol. The van der Waals surface area contributed by atoms with Gasteiger partial charge in [-0.3, -0.25) is 0 Å². The summed E-state index contributed by atoms with van der Waals surface area (Å²) in [5.74, 6) is 0.337. The second kappa shape index (κ2) is 3.87. The summed E-state index contributed by atoms with van der Waals surface area (Å²) in [7, 11) is 0. The van der Waals surface area contributed by atoms with Crippen molar-refractivity contribution in [3.05, 3.63) is 34.6 Å². The molecule has 1 aliphatic rings. The molecule has 0 aliphatic carbocycles. The molecule has 1 aliphatic heterocycles. The molecule has 1 saturated heterocycles. The first-order chi connectivity index (χ1) is 6.66. The Morgan fingerprint density at radius 1 is 1.50 bits per heavy atom. The van der Waals surface area contributed by atoms with Gasteiger partial charge < -0.3 is 5.32 Å². The van der Waals surface area contributed by atoms with E-state index in [1.54, 1.807) is 6.07 Å². The fraction of sp³-hybridized carbons (Fsp3) is 0.455. The van der Waals surface area contributed by atoms with Crippen LogP contribution in [0, 0.1) is 11.7 Å². The van der Waals surface area contributed by atoms with Crippen LogP contribution in [0.15, 0.2) is 18.2 Å². The molecule has 1 fully saturated rings. The molecule has 1 N–H and O–H groups in total. The van der Waals surface area contributed by atoms with Crippen molar-refractivity contribution in [2.45, 2.75) is 19.4 Å². The van der Waals surface area contributed by atoms with Crippen molar-refractivity contribution in [3.8, 4) is 0 Å². The molecule has 0 radical (unpaired) electrons. The van der Waals surface area contributed by atoms with Gasteiger partial charge in [0.25, 0.3) is 0 Å². The summed E-state index contributed by atoms with van der Waals surface area (Å²) in [6.07, 6.45) is 1.07. The van der Waals surface area contributed by atoms with Crippen molar-refractivity contribution >= 4 is 11.6 Å². The van der Waals surface area contributed by atoms with E-state index in [0.717, 1.165) is 18.5 Å². The Labute approximate surface area is 88.3 Å². The Balaban J connectivity index is 2.20. The van der Waals surface area contributed by atoms with Gasteiger partial charge >= 0.3 is 0 Å². The van der Waals surface area contributed by atoms with Crippen molar-refractivity contribution < 1.29 is 4.39 Å². The van der Waals surface area contributed by atoms with Crippen LogP contribution in [0.1, 0.15) is 24.9 Å². The van der Waals surface area contributed by atoms with Crippen LogP contribution in [0.5, 0.6) is 0 Å². The lowest BCUT2D eigenvalue weighted by atomic mass is 10.0. The van der Waals surface area contributed by atoms with E-state index in [2.05, 4.69) is 12.2 Å². The van der Waals surface area contributed by atoms with Gasteiger partial charge in [-0.1, -0.05) is 24.6 Å². The highest BCUT2D eigenvalue weighted by Crippen LogP contribution is 2.28. The maximum absolute atomic E-state index is 13.2. The second-order valence-corrected chi connectivity index (χ2v) is 4.38. The number of hydrogen-bond donors (Lipinski definition) is 1. The largest absolute Gasteiger partial charge is 0.310 e. The Bertz CT molecular complexity index is 340. The van der Waals surface area contributed by atoms with Gasteiger partial charge in [0.1, 0.15) is 5.82 Å². The summed E-state index contributed by atoms with van der Waals surface area (Å²) in [5, 5.41) is 3.55. The SMILES string of the molecule is C[C@H]1CN[C@@H](c2ccc(Cl)c(F)c2)C1. The topological polar surface area (TPSA) is 12.0 Å². The van der Waals surface area contributed by atoms with E-state index in [4.69, 9.17) is 11.6 Å². The highest BCUT2D eigenvalue weighted by molar-refractivity contribution is 6.30. The van der Waals surface area contributed by atoms with Gasteiger partial charge in [-0.2, -0.15) is 0 Å². The maximum atomic E-state index is 13.2. The van der Waals surface area contributed by atoms with Crippen LogP contribution in [-0.4, -0.2) is 6.54 Å². The van der Waals surface area contributed by atoms with Crippen LogP contribution >= 0.6 is 11.6 Å². The minimum absolute atomic E-state index is 0.194. The summed E-state index contributed by atoms with van der Waals surface area (Å²) in [6, 6.07) is 5.33. The first-order valence-corrected chi connectivity index (χ1v) is 5.23. The number of halogens is 2. The van der Waals surface area contributed by atoms with Gasteiger partial charge in [0.2, 0.25) is 0 Å². The third-order valence-electron chi connectivity index (χ3n) is 2.70. The minimum atomic E-state index is -0.328. The highest BCUT2D eigenvalue weighted by atomic mass is 35.5. The minimum Gasteiger partial charge on any atom is -0.310 e. The van der Waals surface area contributed by atoms with Gasteiger partial charge in [0.15, 0.2) is 0 Å². The van der Waals surface area contributed by atoms with E-state index in [1.807, 2.05) is 6.07 Å². The van der Waals surface area contributed by atoms with Crippen LogP contribution in [0.2, 0.25) is 5.02 Å². The van der Waals surface area contributed by atoms with Gasteiger partial charge in [0.05, 0.1) is 5.02 Å². The number of nitrogens with one attached hydrogen (secondary N) is 1. The van der Waals surface area contributed by atoms with Crippen molar-refractivity contribution in [1.82, 2.24) is 5.32 Å². The van der Waals surface area contributed by atoms with Crippen molar-refractivity contribution in [1.29, 1.82) is 0 Å². The van der Waals surface area contributed by atoms with E-state index in [9.17, 15) is 4.39 Å². The van der Waals surface area contributed by atoms with Crippen LogP contribution in [0.3, 0.4) is 0 Å². The van der Waals surface area contributed by atoms with E-state index in [0.29, 0.717) is 5.92 Å². The Morgan fingerprint density at radius 3 is 2.86 bits per heavy atom. The zero-order chi connectivity index (χ0) is 10.1. The van der Waals surface area contributed by atoms with Crippen LogP contribution in [0.25, 0.3) is 0 Å². The first kappa shape index (κ1) is 9.94. The molecule has 14 heavy (non-hydrogen) atoms. The standard InChI is InChI=1S/C11H13ClFN/c1-7-4-11(14-6-7)8-2-3-9(12)10(13)5-8/h2-3,5,7,11,14H,4,6H2,1H3/t7-,11-/m1/s1. The third-order valence-corrected chi connectivity index (χ3v) is 3.00. The predicted octanol–water partition coefficient (Wildman–Crippen LogP) is 3.15. The molecule has 2 atom stereocenters. The van der Waals surface area contributed by atoms with Crippen LogP contribution in [0.4, 0.5) is 4.39 Å². The third kappa shape index (κ3) is 1.91. The Hall–Kier alpha value is -0.600. The van der Waals surface area contributed by atoms with E-state index >= 15 is 0 Å². The Kier molecular flexibility index (Phi) is 2.75. The van der Waals surface area contributed by atoms with E-state index in [-0.39, 0.29) is 16.9 Å². The molecule has 76 valence electrons. The molecular formula is C11H13ClFN. The van der Waals surface area contributed by atoms with E-state index in [1.165, 1.54) is 6.07 Å². The average molecular weight is 214 g/mol. The fourth-order valence-corrected chi connectivity index (χ4v) is 2.01. The molecule has 0 unspecified atom stereocenters. The summed E-state index contributed by atoms with van der Waals surface area (Å²) in [6.45, 7) is 3.20. The molecule has 2 rings (SSSR count). The molecule has 0 bridgehead atoms. The molecule has 1 nitrogen and oxygen atoms in total. The lowest BCUT2D eigenvalue weighted by molar-refractivity contribution is 0.594. The maximum Gasteiger partial charge on any atom is 0.142 e. The van der Waals surface area contributed by atoms with Crippen LogP contribution < -0.4 is 5.32 Å². The number of rotatable bonds is 1. The molecule has 1 heterocycles. The molecule has 0 spiro atoms. The smallest absolute Gasteiger partial charge is 0.142 e. The lowest BCUT2D eigenvalue weighted by Crippen LogP contribution is -2.13. The summed E-state index contributed by atoms with van der Waals surface area (Å²) in [4.78, 5) is 0. The molecular weight excluding hydrogens is 201 g/mol. The number of hydrogen-bond acceptors (Lipinski definition) is 1. The first-order valence-electron chi connectivity index (χ1n) is 4.85.